The normalized spacial score (nSPS) is 13.8. The van der Waals surface area contributed by atoms with E-state index in [-0.39, 0.29) is 75.0 Å². The smallest absolute Gasteiger partial charge is 0.357 e. The largest absolute Gasteiger partial charge is 0.462 e. The van der Waals surface area contributed by atoms with Crippen molar-refractivity contribution in [3.05, 3.63) is 177 Å². The lowest BCUT2D eigenvalue weighted by atomic mass is 10.0. The highest BCUT2D eigenvalue weighted by Gasteiger charge is 2.36. The first-order valence-corrected chi connectivity index (χ1v) is 30.4. The van der Waals surface area contributed by atoms with E-state index in [1.807, 2.05) is 47.9 Å². The van der Waals surface area contributed by atoms with Gasteiger partial charge in [-0.3, -0.25) is 49.0 Å². The highest BCUT2D eigenvalue weighted by molar-refractivity contribution is 6.99. The van der Waals surface area contributed by atoms with Crippen LogP contribution in [-0.4, -0.2) is 168 Å². The van der Waals surface area contributed by atoms with Crippen molar-refractivity contribution in [3.8, 4) is 0 Å². The monoisotopic (exact) mass is 1330 g/mol. The van der Waals surface area contributed by atoms with Gasteiger partial charge in [-0.15, -0.1) is 0 Å². The third kappa shape index (κ3) is 14.4. The maximum absolute atomic E-state index is 13.6. The number of furan rings is 1. The van der Waals surface area contributed by atoms with Crippen LogP contribution in [0.25, 0.3) is 32.7 Å². The molecule has 9 heterocycles. The Morgan fingerprint density at radius 3 is 1.51 bits per heavy atom. The minimum atomic E-state index is -0.653. The fraction of sp³-hybridized carbons (Fsp3) is 0.385. The molecule has 0 aliphatic carbocycles. The van der Waals surface area contributed by atoms with Gasteiger partial charge >= 0.3 is 28.5 Å². The number of aromatic nitrogens is 6. The number of carbonyl (C=O) groups is 4. The van der Waals surface area contributed by atoms with E-state index in [4.69, 9.17) is 13.7 Å². The topological polar surface area (TPSA) is 326 Å². The molecule has 3 aromatic carbocycles. The van der Waals surface area contributed by atoms with Crippen molar-refractivity contribution < 1.29 is 42.7 Å². The number of nitrogens with zero attached hydrogens (tertiary/aromatic N) is 14. The molecular weight excluding hydrogens is 1250 g/mol. The molecule has 0 radical (unpaired) electrons. The van der Waals surface area contributed by atoms with Gasteiger partial charge in [0, 0.05) is 128 Å². The van der Waals surface area contributed by atoms with Crippen molar-refractivity contribution in [2.45, 2.75) is 56.5 Å². The van der Waals surface area contributed by atoms with Gasteiger partial charge in [0.05, 0.1) is 56.7 Å². The third-order valence-corrected chi connectivity index (χ3v) is 16.7. The Balaban J connectivity index is 0.000000199. The van der Waals surface area contributed by atoms with E-state index in [1.165, 1.54) is 29.5 Å². The molecule has 30 heteroatoms. The number of hydrogen-bond donors (Lipinski definition) is 1. The molecule has 0 unspecified atom stereocenters. The summed E-state index contributed by atoms with van der Waals surface area (Å²) in [6.45, 7) is 12.9. The number of nitro groups is 2. The zero-order chi connectivity index (χ0) is 65.7. The Bertz CT molecular complexity index is 4480. The number of ether oxygens (including phenoxy) is 1. The number of amides is 3. The SMILES string of the molecule is C.C.C.CCOC(=O)c1c(N2CCN(C(=O)c3ccco3)CC2)c2ccccc2n(CC(C)C)c1=O.CNc1nsnc1C(=O)N1CCN(c2c([N+](=O)[O-])c(=O)n(C)c3ccccc23)CC1.Cc1cc(C(=O)N2CCN(c3c([N+](=O)[O-])c(=O)n(C)c4ccccc34)CC2)no1. The van der Waals surface area contributed by atoms with Crippen molar-refractivity contribution in [1.82, 2.24) is 42.3 Å². The highest BCUT2D eigenvalue weighted by Crippen LogP contribution is 2.37. The van der Waals surface area contributed by atoms with Crippen LogP contribution < -0.4 is 36.7 Å². The molecule has 3 aliphatic heterocycles. The number of esters is 1. The Labute approximate surface area is 550 Å². The van der Waals surface area contributed by atoms with Crippen LogP contribution in [0.3, 0.4) is 0 Å². The minimum absolute atomic E-state index is 0. The van der Waals surface area contributed by atoms with Gasteiger partial charge in [0.2, 0.25) is 0 Å². The highest BCUT2D eigenvalue weighted by atomic mass is 32.1. The van der Waals surface area contributed by atoms with Crippen LogP contribution in [0.1, 0.15) is 90.7 Å². The zero-order valence-corrected chi connectivity index (χ0v) is 52.4. The van der Waals surface area contributed by atoms with Crippen molar-refractivity contribution in [3.63, 3.8) is 0 Å². The summed E-state index contributed by atoms with van der Waals surface area (Å²) in [5.41, 5.74) is 1.23. The zero-order valence-electron chi connectivity index (χ0n) is 51.6. The van der Waals surface area contributed by atoms with E-state index >= 15 is 0 Å². The molecular formula is C65H79N15O14S. The van der Waals surface area contributed by atoms with Crippen molar-refractivity contribution in [2.75, 3.05) is 112 Å². The number of hydrogen-bond acceptors (Lipinski definition) is 22. The average molecular weight is 1330 g/mol. The molecule has 95 heavy (non-hydrogen) atoms. The van der Waals surface area contributed by atoms with E-state index in [0.29, 0.717) is 141 Å². The van der Waals surface area contributed by atoms with E-state index in [9.17, 15) is 53.8 Å². The second-order valence-corrected chi connectivity index (χ2v) is 22.8. The van der Waals surface area contributed by atoms with Crippen LogP contribution in [0.15, 0.2) is 121 Å². The van der Waals surface area contributed by atoms with Gasteiger partial charge in [0.25, 0.3) is 23.3 Å². The summed E-state index contributed by atoms with van der Waals surface area (Å²) >= 11 is 0.958. The number of piperazine rings is 3. The molecule has 0 spiro atoms. The molecule has 29 nitrogen and oxygen atoms in total. The van der Waals surface area contributed by atoms with Crippen LogP contribution in [-0.2, 0) is 25.4 Å². The fourth-order valence-corrected chi connectivity index (χ4v) is 12.3. The Hall–Kier alpha value is -10.8. The molecule has 3 amide bonds. The summed E-state index contributed by atoms with van der Waals surface area (Å²) in [5.74, 6) is 0.244. The average Bonchev–Trinajstić information content (AvgIpc) is 1.54. The number of nitrogens with one attached hydrogen (secondary N) is 1. The molecule has 3 aliphatic rings. The predicted octanol–water partition coefficient (Wildman–Crippen LogP) is 8.31. The Morgan fingerprint density at radius 2 is 1.07 bits per heavy atom. The lowest BCUT2D eigenvalue weighted by molar-refractivity contribution is -0.385. The van der Waals surface area contributed by atoms with Gasteiger partial charge in [0.1, 0.15) is 22.7 Å². The number of fused-ring (bicyclic) bond motifs is 3. The molecule has 504 valence electrons. The summed E-state index contributed by atoms with van der Waals surface area (Å²) in [7, 11) is 4.73. The first-order chi connectivity index (χ1) is 44.2. The van der Waals surface area contributed by atoms with Crippen molar-refractivity contribution in [1.29, 1.82) is 0 Å². The number of benzene rings is 3. The van der Waals surface area contributed by atoms with Crippen LogP contribution in [0.2, 0.25) is 0 Å². The van der Waals surface area contributed by atoms with Crippen molar-refractivity contribution in [2.24, 2.45) is 20.0 Å². The standard InChI is InChI=1S/C25H29N3O5.C19H19N5O5.C18H19N7O4S.3CH4/c1-4-32-25(31)21-22(18-8-5-6-9-19(18)28(24(21)30)16-17(2)3)26-11-13-27(14-12-26)23(29)20-10-7-15-33-20;1-12-11-14(20-29-12)18(25)23-9-7-22(8-10-23)16-13-5-3-4-6-15(13)21(2)19(26)17(16)24(27)28;1-19-16-13(20-30-21-16)17(26)24-9-7-23(8-10-24)14-11-5-3-4-6-12(11)22(2)18(27)15(14)25(28)29;;;/h5-10,15,17H,4,11-14,16H2,1-3H3;3-6,11H,7-10H2,1-2H3;3-6H,7-10H2,1-2H3,(H,19,21);3*1H4. The molecule has 1 N–H and O–H groups in total. The number of para-hydroxylation sites is 3. The van der Waals surface area contributed by atoms with Gasteiger partial charge in [-0.1, -0.05) is 95.9 Å². The number of rotatable bonds is 13. The van der Waals surface area contributed by atoms with Gasteiger partial charge in [-0.25, -0.2) is 4.79 Å². The van der Waals surface area contributed by atoms with Crippen LogP contribution in [0.5, 0.6) is 0 Å². The number of anilines is 4. The van der Waals surface area contributed by atoms with Crippen LogP contribution in [0.4, 0.5) is 34.3 Å². The molecule has 0 saturated carbocycles. The van der Waals surface area contributed by atoms with E-state index in [1.54, 1.807) is 112 Å². The Morgan fingerprint density at radius 1 is 0.621 bits per heavy atom. The maximum Gasteiger partial charge on any atom is 0.357 e. The molecule has 3 saturated heterocycles. The lowest BCUT2D eigenvalue weighted by Gasteiger charge is -2.37. The maximum atomic E-state index is 13.6. The molecule has 3 fully saturated rings. The number of carbonyl (C=O) groups excluding carboxylic acids is 4. The predicted molar refractivity (Wildman–Crippen MR) is 365 cm³/mol. The second kappa shape index (κ2) is 30.8. The summed E-state index contributed by atoms with van der Waals surface area (Å²) in [6, 6.07) is 26.8. The first kappa shape index (κ1) is 71.7. The van der Waals surface area contributed by atoms with Gasteiger partial charge < -0.3 is 62.1 Å². The molecule has 0 bridgehead atoms. The lowest BCUT2D eigenvalue weighted by Crippen LogP contribution is -2.49. The van der Waals surface area contributed by atoms with Crippen LogP contribution in [0, 0.1) is 33.1 Å². The molecule has 9 aromatic rings. The van der Waals surface area contributed by atoms with E-state index in [0.717, 1.165) is 22.6 Å². The number of pyridine rings is 3. The summed E-state index contributed by atoms with van der Waals surface area (Å²) < 4.78 is 27.9. The van der Waals surface area contributed by atoms with Crippen LogP contribution >= 0.6 is 11.7 Å². The molecule has 12 rings (SSSR count). The van der Waals surface area contributed by atoms with Gasteiger partial charge in [-0.2, -0.15) is 8.75 Å². The molecule has 6 aromatic heterocycles. The Kier molecular flexibility index (Phi) is 23.2. The number of aryl methyl sites for hydroxylation is 3. The quantitative estimate of drug-likeness (QED) is 0.0644. The third-order valence-electron chi connectivity index (χ3n) is 16.2. The molecule has 0 atom stereocenters. The van der Waals surface area contributed by atoms with E-state index < -0.39 is 38.3 Å². The fourth-order valence-electron chi connectivity index (χ4n) is 11.8. The second-order valence-electron chi connectivity index (χ2n) is 22.3. The van der Waals surface area contributed by atoms with Gasteiger partial charge in [0.15, 0.2) is 23.0 Å². The minimum Gasteiger partial charge on any atom is -0.462 e. The summed E-state index contributed by atoms with van der Waals surface area (Å²) in [5, 5.41) is 32.2. The first-order valence-electron chi connectivity index (χ1n) is 29.7. The van der Waals surface area contributed by atoms with Crippen molar-refractivity contribution >= 4 is 102 Å². The summed E-state index contributed by atoms with van der Waals surface area (Å²) in [4.78, 5) is 123. The van der Waals surface area contributed by atoms with Gasteiger partial charge in [-0.05, 0) is 50.1 Å². The van der Waals surface area contributed by atoms with E-state index in [2.05, 4.69) is 19.2 Å². The summed E-state index contributed by atoms with van der Waals surface area (Å²) in [6.07, 6.45) is 1.48.